The maximum absolute atomic E-state index is 4.24. The van der Waals surface area contributed by atoms with Gasteiger partial charge in [-0.2, -0.15) is 0 Å². The van der Waals surface area contributed by atoms with Gasteiger partial charge in [-0.1, -0.05) is 194 Å². The van der Waals surface area contributed by atoms with Crippen molar-refractivity contribution < 1.29 is 0 Å². The van der Waals surface area contributed by atoms with Crippen LogP contribution in [0.1, 0.15) is 102 Å². The molecular formula is C58H65N. The predicted octanol–water partition coefficient (Wildman–Crippen LogP) is 16.8. The van der Waals surface area contributed by atoms with E-state index in [2.05, 4.69) is 218 Å². The van der Waals surface area contributed by atoms with Crippen LogP contribution in [-0.2, 0) is 5.41 Å². The summed E-state index contributed by atoms with van der Waals surface area (Å²) in [5.41, 5.74) is 14.0. The number of hydrogen-bond acceptors (Lipinski definition) is 1. The molecule has 0 spiro atoms. The van der Waals surface area contributed by atoms with Crippen molar-refractivity contribution in [3.63, 3.8) is 0 Å². The fourth-order valence-corrected chi connectivity index (χ4v) is 8.25. The molecule has 7 rings (SSSR count). The lowest BCUT2D eigenvalue weighted by atomic mass is 9.79. The van der Waals surface area contributed by atoms with E-state index in [0.717, 1.165) is 19.4 Å². The molecule has 1 unspecified atom stereocenters. The summed E-state index contributed by atoms with van der Waals surface area (Å²) in [6.07, 6.45) is 28.8. The van der Waals surface area contributed by atoms with Gasteiger partial charge in [0, 0.05) is 23.8 Å². The van der Waals surface area contributed by atoms with E-state index in [1.54, 1.807) is 0 Å². The van der Waals surface area contributed by atoms with Gasteiger partial charge in [-0.15, -0.1) is 0 Å². The molecule has 1 atom stereocenters. The van der Waals surface area contributed by atoms with E-state index in [1.807, 2.05) is 26.0 Å². The van der Waals surface area contributed by atoms with Crippen LogP contribution in [0.4, 0.5) is 5.69 Å². The molecule has 5 aromatic carbocycles. The van der Waals surface area contributed by atoms with E-state index in [9.17, 15) is 0 Å². The van der Waals surface area contributed by atoms with Crippen LogP contribution in [0.15, 0.2) is 176 Å². The Labute approximate surface area is 356 Å². The zero-order valence-electron chi connectivity index (χ0n) is 37.1. The second kappa shape index (κ2) is 20.7. The number of fused-ring (bicyclic) bond motifs is 3. The van der Waals surface area contributed by atoms with E-state index >= 15 is 0 Å². The maximum atomic E-state index is 4.24. The van der Waals surface area contributed by atoms with Gasteiger partial charge in [0.1, 0.15) is 0 Å². The largest absolute Gasteiger partial charge is 0.337 e. The van der Waals surface area contributed by atoms with Crippen molar-refractivity contribution in [3.05, 3.63) is 210 Å². The highest BCUT2D eigenvalue weighted by molar-refractivity contribution is 6.14. The first kappa shape index (κ1) is 44.2. The molecule has 1 heteroatoms. The van der Waals surface area contributed by atoms with Gasteiger partial charge in [0.15, 0.2) is 0 Å². The number of hydrogen-bond donors (Lipinski definition) is 0. The van der Waals surface area contributed by atoms with E-state index in [1.165, 1.54) is 83.0 Å². The highest BCUT2D eigenvalue weighted by atomic mass is 15.1. The Bertz CT molecular complexity index is 2500. The van der Waals surface area contributed by atoms with Crippen LogP contribution in [0.2, 0.25) is 0 Å². The average molecular weight is 776 g/mol. The number of nitrogens with zero attached hydrogens (tertiary/aromatic N) is 1. The summed E-state index contributed by atoms with van der Waals surface area (Å²) in [4.78, 5) is 2.40. The quantitative estimate of drug-likeness (QED) is 0.149. The molecule has 0 saturated heterocycles. The van der Waals surface area contributed by atoms with Crippen molar-refractivity contribution in [1.29, 1.82) is 0 Å². The first-order valence-corrected chi connectivity index (χ1v) is 21.5. The summed E-state index contributed by atoms with van der Waals surface area (Å²) in [6, 6.07) is 32.9. The Kier molecular flexibility index (Phi) is 15.5. The van der Waals surface area contributed by atoms with Crippen LogP contribution in [0.5, 0.6) is 0 Å². The summed E-state index contributed by atoms with van der Waals surface area (Å²) < 4.78 is 0. The molecule has 1 heterocycles. The molecule has 0 bridgehead atoms. The lowest BCUT2D eigenvalue weighted by molar-refractivity contribution is 0.588. The molecule has 1 aliphatic heterocycles. The van der Waals surface area contributed by atoms with E-state index in [-0.39, 0.29) is 11.3 Å². The van der Waals surface area contributed by atoms with Crippen molar-refractivity contribution in [2.24, 2.45) is 5.92 Å². The van der Waals surface area contributed by atoms with Crippen LogP contribution in [0, 0.1) is 12.8 Å². The number of anilines is 1. The standard InChI is InChI=1S/C37H43N.C19H16.C2H6/c1-8-15-36-33(9-2)28(4)25-30(19-14-23-38(36)32-20-13-16-27(3)24-32)31-21-22-35(37(5,6)7)34(26-31)29-17-11-10-12-18-29;1-3-9-15-14(4-2)16-10-5-6-12-18(16)19-13-8-7-11-17(15)19;1-2/h8-9,11,13-22,24-26,28H,2,10,12,23H2,1,3-7H3;3-13H,2H2,1H3;1-2H3/b15-8-,19-14-,30-25+,36-33-;9-3-;. The van der Waals surface area contributed by atoms with E-state index < -0.39 is 0 Å². The minimum atomic E-state index is 0.0738. The van der Waals surface area contributed by atoms with Crippen molar-refractivity contribution in [2.45, 2.75) is 80.6 Å². The Morgan fingerprint density at radius 1 is 0.678 bits per heavy atom. The van der Waals surface area contributed by atoms with Crippen LogP contribution in [0.3, 0.4) is 0 Å². The summed E-state index contributed by atoms with van der Waals surface area (Å²) in [5, 5.41) is 5.15. The third-order valence-corrected chi connectivity index (χ3v) is 11.0. The molecule has 1 nitrogen and oxygen atoms in total. The molecule has 302 valence electrons. The highest BCUT2D eigenvalue weighted by Crippen LogP contribution is 2.37. The summed E-state index contributed by atoms with van der Waals surface area (Å²) in [6.45, 7) is 28.5. The molecule has 1 aliphatic carbocycles. The molecule has 0 aromatic heterocycles. The average Bonchev–Trinajstić information content (AvgIpc) is 3.32. The zero-order chi connectivity index (χ0) is 42.5. The van der Waals surface area contributed by atoms with Crippen LogP contribution >= 0.6 is 0 Å². The molecular weight excluding hydrogens is 711 g/mol. The second-order valence-corrected chi connectivity index (χ2v) is 16.1. The SMILES string of the molecule is C=C/C1=C(\C=C/C)N(c2cccc(C)c2)C/C=C\C(c2ccc(C(C)(C)C)c(C3=CCCC=C3)c2)=C/C1C.C=Cc1c(/C=C\C)c2ccccc2c2ccccc12.CC. The van der Waals surface area contributed by atoms with Crippen LogP contribution in [0.25, 0.3) is 44.8 Å². The maximum Gasteiger partial charge on any atom is 0.0448 e. The minimum absolute atomic E-state index is 0.0738. The molecule has 2 aliphatic rings. The number of allylic oxidation sites excluding steroid dienone is 12. The lowest BCUT2D eigenvalue weighted by Gasteiger charge is -2.28. The first-order chi connectivity index (χ1) is 28.6. The van der Waals surface area contributed by atoms with Crippen molar-refractivity contribution in [1.82, 2.24) is 0 Å². The fourth-order valence-electron chi connectivity index (χ4n) is 8.25. The Hall–Kier alpha value is -5.92. The molecule has 0 amide bonds. The molecule has 0 N–H and O–H groups in total. The third-order valence-electron chi connectivity index (χ3n) is 11.0. The molecule has 0 saturated carbocycles. The minimum Gasteiger partial charge on any atom is -0.337 e. The molecule has 5 aromatic rings. The van der Waals surface area contributed by atoms with Crippen LogP contribution < -0.4 is 4.90 Å². The van der Waals surface area contributed by atoms with Gasteiger partial charge in [-0.05, 0) is 135 Å². The first-order valence-electron chi connectivity index (χ1n) is 21.5. The van der Waals surface area contributed by atoms with Gasteiger partial charge >= 0.3 is 0 Å². The van der Waals surface area contributed by atoms with Crippen LogP contribution in [-0.4, -0.2) is 6.54 Å². The predicted molar refractivity (Wildman–Crippen MR) is 266 cm³/mol. The Balaban J connectivity index is 0.000000262. The van der Waals surface area contributed by atoms with Gasteiger partial charge < -0.3 is 4.90 Å². The smallest absolute Gasteiger partial charge is 0.0448 e. The molecule has 59 heavy (non-hydrogen) atoms. The van der Waals surface area contributed by atoms with Crippen molar-refractivity contribution in [3.8, 4) is 0 Å². The summed E-state index contributed by atoms with van der Waals surface area (Å²) in [7, 11) is 0. The second-order valence-electron chi connectivity index (χ2n) is 16.1. The van der Waals surface area contributed by atoms with Gasteiger partial charge in [0.2, 0.25) is 0 Å². The van der Waals surface area contributed by atoms with E-state index in [4.69, 9.17) is 0 Å². The summed E-state index contributed by atoms with van der Waals surface area (Å²) in [5.74, 6) is 0.197. The number of benzene rings is 5. The van der Waals surface area contributed by atoms with Gasteiger partial charge in [-0.3, -0.25) is 0 Å². The topological polar surface area (TPSA) is 3.24 Å². The van der Waals surface area contributed by atoms with Crippen molar-refractivity contribution in [2.75, 3.05) is 11.4 Å². The van der Waals surface area contributed by atoms with Crippen molar-refractivity contribution >= 4 is 50.5 Å². The van der Waals surface area contributed by atoms with Gasteiger partial charge in [-0.25, -0.2) is 0 Å². The monoisotopic (exact) mass is 776 g/mol. The lowest BCUT2D eigenvalue weighted by Crippen LogP contribution is -2.24. The summed E-state index contributed by atoms with van der Waals surface area (Å²) >= 11 is 0. The number of aryl methyl sites for hydroxylation is 1. The Morgan fingerprint density at radius 3 is 1.90 bits per heavy atom. The molecule has 0 radical (unpaired) electrons. The van der Waals surface area contributed by atoms with Gasteiger partial charge in [0.25, 0.3) is 0 Å². The molecule has 0 fully saturated rings. The zero-order valence-corrected chi connectivity index (χ0v) is 37.1. The Morgan fingerprint density at radius 2 is 1.32 bits per heavy atom. The highest BCUT2D eigenvalue weighted by Gasteiger charge is 2.22. The number of rotatable bonds is 7. The van der Waals surface area contributed by atoms with E-state index in [0.29, 0.717) is 0 Å². The normalized spacial score (nSPS) is 18.5. The third kappa shape index (κ3) is 10.2. The fraction of sp³-hybridized carbons (Fsp3) is 0.241. The van der Waals surface area contributed by atoms with Gasteiger partial charge in [0.05, 0.1) is 0 Å².